The predicted octanol–water partition coefficient (Wildman–Crippen LogP) is 0.288. The summed E-state index contributed by atoms with van der Waals surface area (Å²) in [5.41, 5.74) is -0.0289. The summed E-state index contributed by atoms with van der Waals surface area (Å²) >= 11 is 0. The van der Waals surface area contributed by atoms with Crippen molar-refractivity contribution in [2.24, 2.45) is 0 Å². The standard InChI is InChI=1S/C9H11N3O4/c1-5(13)10-8-4-7(9(15)16-3)12(11-8)6(2)14/h4H,1-3H3,(H,10,11,13). The third kappa shape index (κ3) is 2.44. The van der Waals surface area contributed by atoms with Crippen LogP contribution in [-0.2, 0) is 9.53 Å². The van der Waals surface area contributed by atoms with Gasteiger partial charge in [-0.15, -0.1) is 5.10 Å². The number of aromatic nitrogens is 2. The fraction of sp³-hybridized carbons (Fsp3) is 0.333. The minimum atomic E-state index is -0.695. The van der Waals surface area contributed by atoms with Gasteiger partial charge in [0.2, 0.25) is 11.8 Å². The van der Waals surface area contributed by atoms with Crippen molar-refractivity contribution in [3.05, 3.63) is 11.8 Å². The molecule has 1 aromatic heterocycles. The molecule has 1 rings (SSSR count). The summed E-state index contributed by atoms with van der Waals surface area (Å²) in [5.74, 6) is -1.36. The Bertz CT molecular complexity index is 450. The summed E-state index contributed by atoms with van der Waals surface area (Å²) in [6, 6.07) is 1.27. The van der Waals surface area contributed by atoms with Gasteiger partial charge in [0.1, 0.15) is 0 Å². The number of carbonyl (C=O) groups excluding carboxylic acids is 3. The Labute approximate surface area is 91.4 Å². The fourth-order valence-corrected chi connectivity index (χ4v) is 1.11. The highest BCUT2D eigenvalue weighted by Gasteiger charge is 2.18. The average molecular weight is 225 g/mol. The van der Waals surface area contributed by atoms with Crippen molar-refractivity contribution in [2.45, 2.75) is 13.8 Å². The summed E-state index contributed by atoms with van der Waals surface area (Å²) < 4.78 is 5.35. The van der Waals surface area contributed by atoms with E-state index in [0.717, 1.165) is 4.68 Å². The molecule has 0 radical (unpaired) electrons. The van der Waals surface area contributed by atoms with Crippen LogP contribution in [0.3, 0.4) is 0 Å². The van der Waals surface area contributed by atoms with E-state index in [-0.39, 0.29) is 17.4 Å². The highest BCUT2D eigenvalue weighted by Crippen LogP contribution is 2.10. The molecule has 0 aliphatic rings. The van der Waals surface area contributed by atoms with Gasteiger partial charge in [0.25, 0.3) is 0 Å². The molecular formula is C9H11N3O4. The van der Waals surface area contributed by atoms with Crippen molar-refractivity contribution in [1.82, 2.24) is 9.78 Å². The molecule has 16 heavy (non-hydrogen) atoms. The predicted molar refractivity (Wildman–Crippen MR) is 54.2 cm³/mol. The summed E-state index contributed by atoms with van der Waals surface area (Å²) in [7, 11) is 1.19. The summed E-state index contributed by atoms with van der Waals surface area (Å²) in [6.07, 6.45) is 0. The van der Waals surface area contributed by atoms with Gasteiger partial charge in [-0.1, -0.05) is 0 Å². The molecule has 0 fully saturated rings. The van der Waals surface area contributed by atoms with Gasteiger partial charge in [-0.3, -0.25) is 9.59 Å². The van der Waals surface area contributed by atoms with E-state index in [1.165, 1.54) is 27.0 Å². The lowest BCUT2D eigenvalue weighted by Crippen LogP contribution is -2.16. The third-order valence-electron chi connectivity index (χ3n) is 1.71. The molecule has 0 atom stereocenters. The van der Waals surface area contributed by atoms with E-state index in [0.29, 0.717) is 0 Å². The number of hydrogen-bond acceptors (Lipinski definition) is 5. The van der Waals surface area contributed by atoms with Crippen LogP contribution in [0.2, 0.25) is 0 Å². The van der Waals surface area contributed by atoms with Crippen molar-refractivity contribution in [3.8, 4) is 0 Å². The summed E-state index contributed by atoms with van der Waals surface area (Å²) in [4.78, 5) is 33.2. The minimum absolute atomic E-state index is 0.0289. The molecule has 86 valence electrons. The molecule has 1 heterocycles. The Hall–Kier alpha value is -2.18. The number of hydrogen-bond donors (Lipinski definition) is 1. The molecular weight excluding hydrogens is 214 g/mol. The molecule has 0 spiro atoms. The quantitative estimate of drug-likeness (QED) is 0.730. The Morgan fingerprint density at radius 2 is 2.00 bits per heavy atom. The average Bonchev–Trinajstić information content (AvgIpc) is 2.59. The van der Waals surface area contributed by atoms with Crippen molar-refractivity contribution in [1.29, 1.82) is 0 Å². The number of amides is 1. The van der Waals surface area contributed by atoms with Gasteiger partial charge in [-0.2, -0.15) is 4.68 Å². The van der Waals surface area contributed by atoms with Crippen LogP contribution in [-0.4, -0.2) is 34.7 Å². The number of methoxy groups -OCH3 is 1. The minimum Gasteiger partial charge on any atom is -0.464 e. The van der Waals surface area contributed by atoms with Crippen molar-refractivity contribution in [3.63, 3.8) is 0 Å². The number of nitrogens with one attached hydrogen (secondary N) is 1. The van der Waals surface area contributed by atoms with Gasteiger partial charge in [-0.05, 0) is 0 Å². The first kappa shape index (κ1) is 11.9. The molecule has 0 saturated carbocycles. The molecule has 1 aromatic rings. The normalized spacial score (nSPS) is 9.69. The van der Waals surface area contributed by atoms with E-state index in [1.54, 1.807) is 0 Å². The van der Waals surface area contributed by atoms with E-state index in [2.05, 4.69) is 15.2 Å². The van der Waals surface area contributed by atoms with Gasteiger partial charge in [0, 0.05) is 19.9 Å². The van der Waals surface area contributed by atoms with Gasteiger partial charge in [-0.25, -0.2) is 4.79 Å². The maximum Gasteiger partial charge on any atom is 0.356 e. The van der Waals surface area contributed by atoms with E-state index < -0.39 is 11.9 Å². The lowest BCUT2D eigenvalue weighted by atomic mass is 10.4. The van der Waals surface area contributed by atoms with Crippen LogP contribution in [0.25, 0.3) is 0 Å². The van der Waals surface area contributed by atoms with Crippen molar-refractivity contribution < 1.29 is 19.1 Å². The highest BCUT2D eigenvalue weighted by molar-refractivity contribution is 5.95. The molecule has 0 unspecified atom stereocenters. The van der Waals surface area contributed by atoms with Crippen LogP contribution in [0.5, 0.6) is 0 Å². The van der Waals surface area contributed by atoms with Gasteiger partial charge in [0.15, 0.2) is 11.5 Å². The smallest absolute Gasteiger partial charge is 0.356 e. The second kappa shape index (κ2) is 4.56. The molecule has 7 heteroatoms. The maximum absolute atomic E-state index is 11.3. The topological polar surface area (TPSA) is 90.3 Å². The molecule has 1 N–H and O–H groups in total. The van der Waals surface area contributed by atoms with E-state index >= 15 is 0 Å². The maximum atomic E-state index is 11.3. The molecule has 0 aliphatic carbocycles. The second-order valence-corrected chi connectivity index (χ2v) is 3.02. The van der Waals surface area contributed by atoms with Crippen molar-refractivity contribution >= 4 is 23.6 Å². The van der Waals surface area contributed by atoms with Crippen LogP contribution in [0.1, 0.15) is 29.1 Å². The summed E-state index contributed by atoms with van der Waals surface area (Å²) in [6.45, 7) is 2.54. The zero-order valence-corrected chi connectivity index (χ0v) is 9.10. The molecule has 0 bridgehead atoms. The van der Waals surface area contributed by atoms with Crippen LogP contribution < -0.4 is 5.32 Å². The van der Waals surface area contributed by atoms with Crippen LogP contribution >= 0.6 is 0 Å². The third-order valence-corrected chi connectivity index (χ3v) is 1.71. The Morgan fingerprint density at radius 1 is 1.38 bits per heavy atom. The monoisotopic (exact) mass is 225 g/mol. The van der Waals surface area contributed by atoms with E-state index in [4.69, 9.17) is 0 Å². The zero-order chi connectivity index (χ0) is 12.3. The number of rotatable bonds is 2. The first-order valence-corrected chi connectivity index (χ1v) is 4.42. The van der Waals surface area contributed by atoms with E-state index in [1.807, 2.05) is 0 Å². The number of anilines is 1. The first-order valence-electron chi connectivity index (χ1n) is 4.42. The Morgan fingerprint density at radius 3 is 2.44 bits per heavy atom. The van der Waals surface area contributed by atoms with Crippen LogP contribution in [0, 0.1) is 0 Å². The highest BCUT2D eigenvalue weighted by atomic mass is 16.5. The lowest BCUT2D eigenvalue weighted by molar-refractivity contribution is -0.114. The number of ether oxygens (including phenoxy) is 1. The lowest BCUT2D eigenvalue weighted by Gasteiger charge is -1.99. The second-order valence-electron chi connectivity index (χ2n) is 3.02. The van der Waals surface area contributed by atoms with Crippen LogP contribution in [0.4, 0.5) is 5.82 Å². The van der Waals surface area contributed by atoms with E-state index in [9.17, 15) is 14.4 Å². The first-order chi connectivity index (χ1) is 7.45. The molecule has 7 nitrogen and oxygen atoms in total. The number of nitrogens with zero attached hydrogens (tertiary/aromatic N) is 2. The fourth-order valence-electron chi connectivity index (χ4n) is 1.11. The Balaban J connectivity index is 3.14. The molecule has 1 amide bonds. The molecule has 0 aromatic carbocycles. The molecule has 0 saturated heterocycles. The van der Waals surface area contributed by atoms with Gasteiger partial charge >= 0.3 is 5.97 Å². The Kier molecular flexibility index (Phi) is 3.39. The number of carbonyl (C=O) groups is 3. The largest absolute Gasteiger partial charge is 0.464 e. The van der Waals surface area contributed by atoms with Crippen LogP contribution in [0.15, 0.2) is 6.07 Å². The molecule has 0 aliphatic heterocycles. The summed E-state index contributed by atoms with van der Waals surface area (Å²) in [5, 5.41) is 6.12. The van der Waals surface area contributed by atoms with Gasteiger partial charge in [0.05, 0.1) is 7.11 Å². The SMILES string of the molecule is COC(=O)c1cc(NC(C)=O)nn1C(C)=O. The number of esters is 1. The van der Waals surface area contributed by atoms with Gasteiger partial charge < -0.3 is 10.1 Å². The zero-order valence-electron chi connectivity index (χ0n) is 9.10. The van der Waals surface area contributed by atoms with Crippen molar-refractivity contribution in [2.75, 3.05) is 12.4 Å².